The van der Waals surface area contributed by atoms with E-state index in [1.54, 1.807) is 53.7 Å². The van der Waals surface area contributed by atoms with Gasteiger partial charge >= 0.3 is 59.9 Å². The van der Waals surface area contributed by atoms with Crippen molar-refractivity contribution in [3.05, 3.63) is 298 Å². The lowest BCUT2D eigenvalue weighted by Crippen LogP contribution is -2.43. The van der Waals surface area contributed by atoms with Crippen LogP contribution in [0.5, 0.6) is 0 Å². The summed E-state index contributed by atoms with van der Waals surface area (Å²) in [5.74, 6) is -1.85. The summed E-state index contributed by atoms with van der Waals surface area (Å²) in [6.45, 7) is 36.1. The number of carboxylic acids is 2. The third-order valence-electron chi connectivity index (χ3n) is 22.9. The number of imidazole rings is 2. The van der Waals surface area contributed by atoms with Crippen molar-refractivity contribution in [3.63, 3.8) is 0 Å². The number of ether oxygens (including phenoxy) is 8. The Bertz CT molecular complexity index is 5670. The van der Waals surface area contributed by atoms with Crippen LogP contribution in [0.3, 0.4) is 0 Å². The van der Waals surface area contributed by atoms with E-state index < -0.39 is 65.8 Å². The van der Waals surface area contributed by atoms with E-state index in [1.165, 1.54) is 53.1 Å². The van der Waals surface area contributed by atoms with E-state index in [-0.39, 0.29) is 130 Å². The predicted octanol–water partition coefficient (Wildman–Crippen LogP) is 15.5. The number of amides is 2. The zero-order valence-electron chi connectivity index (χ0n) is 83.2. The average molecular weight is 2120 g/mol. The summed E-state index contributed by atoms with van der Waals surface area (Å²) in [5.41, 5.74) is 7.89. The van der Waals surface area contributed by atoms with Crippen LogP contribution in [0.4, 0.5) is 9.59 Å². The maximum Gasteiger partial charge on any atom is 0.411 e. The molecule has 6 fully saturated rings. The van der Waals surface area contributed by atoms with Crippen LogP contribution >= 0.6 is 40.7 Å². The number of benzene rings is 7. The molecule has 0 aliphatic carbocycles. The molecule has 0 saturated carbocycles. The zero-order valence-corrected chi connectivity index (χ0v) is 86.4. The topological polar surface area (TPSA) is 439 Å². The summed E-state index contributed by atoms with van der Waals surface area (Å²) in [4.78, 5) is 168. The summed E-state index contributed by atoms with van der Waals surface area (Å²) in [6.07, 6.45) is 6.45. The minimum Gasteiger partial charge on any atom is -0.481 e. The number of likely N-dealkylation sites (tertiary alicyclic amines) is 4. The van der Waals surface area contributed by atoms with Crippen LogP contribution in [0.25, 0.3) is 37.0 Å². The largest absolute Gasteiger partial charge is 0.481 e. The quantitative estimate of drug-likeness (QED) is 0.00827. The highest BCUT2D eigenvalue weighted by atomic mass is 79.9. The van der Waals surface area contributed by atoms with Crippen molar-refractivity contribution < 1.29 is 107 Å². The van der Waals surface area contributed by atoms with Gasteiger partial charge in [-0.1, -0.05) is 236 Å². The number of alkyl carbamates (subject to hydrolysis) is 1. The molecule has 12 atom stereocenters. The number of ketones is 1. The van der Waals surface area contributed by atoms with Gasteiger partial charge in [-0.05, 0) is 88.6 Å². The van der Waals surface area contributed by atoms with Gasteiger partial charge in [0, 0.05) is 63.7 Å². The number of esters is 6. The van der Waals surface area contributed by atoms with Crippen LogP contribution in [0.2, 0.25) is 0 Å². The minimum absolute atomic E-state index is 0. The molecule has 8 heterocycles. The fraction of sp³-hybridized carbons (Fsp3) is 0.411. The van der Waals surface area contributed by atoms with Gasteiger partial charge in [0.15, 0.2) is 5.78 Å². The van der Waals surface area contributed by atoms with Gasteiger partial charge in [0.2, 0.25) is 18.1 Å². The first-order chi connectivity index (χ1) is 68.5. The SMILES string of the molecule is C.CC(C)(C)OC(=O)NCC(=O)O.COC(=O)[C@@H]1C[C@@H](C(=O)O)CN1Cc1ccccc1.COC(=O)[C@@H]1C[C@@H](c2ncc(-c3ccccc3)[nH]2)CN1.COC(=O)[C@@H]1C[C@@H](c2ncc(-c3ccccc3)[nH]2)CN1Cc1ccccc1.Cl.Cl.O=C(CBr)c1ccccc1.O=Cc1ccccc1.[C-]#[N+][C@@H]1C[C@@H](C(=O)OC)N(C(=O)OC(C)(C)C)C1.[C-]#[N+][C@@H]1C[C@@H](C(=O)OC)N(Cc2ccccc2)C1.[C-]#[N+][C@H]1CN[C@H](C(=O)OC)C1.[HH]. The zero-order chi connectivity index (χ0) is 105. The summed E-state index contributed by atoms with van der Waals surface area (Å²) in [7, 11) is 8.22. The number of hydrogen-bond donors (Lipinski definition) is 7. The van der Waals surface area contributed by atoms with Crippen LogP contribution < -0.4 is 16.0 Å². The molecule has 0 bridgehead atoms. The van der Waals surface area contributed by atoms with Gasteiger partial charge in [-0.25, -0.2) is 44.1 Å². The van der Waals surface area contributed by atoms with Crippen LogP contribution in [0, 0.1) is 25.6 Å². The number of nitrogens with zero attached hydrogens (tertiary/aromatic N) is 9. The number of methoxy groups -OCH3 is 6. The highest BCUT2D eigenvalue weighted by Crippen LogP contribution is 2.35. The molecule has 7 N–H and O–H groups in total. The molecular formula is C107H135BrCl2N14O22. The van der Waals surface area contributed by atoms with Crippen LogP contribution in [0.1, 0.15) is 150 Å². The fourth-order valence-corrected chi connectivity index (χ4v) is 16.1. The molecule has 6 saturated heterocycles. The molecule has 7 aromatic carbocycles. The van der Waals surface area contributed by atoms with Crippen molar-refractivity contribution in [1.29, 1.82) is 0 Å². The molecule has 15 rings (SSSR count). The molecule has 39 heteroatoms. The number of aldehydes is 1. The van der Waals surface area contributed by atoms with Crippen molar-refractivity contribution in [2.45, 2.75) is 185 Å². The van der Waals surface area contributed by atoms with Crippen molar-refractivity contribution >= 4 is 113 Å². The lowest BCUT2D eigenvalue weighted by molar-refractivity contribution is -0.147. The maximum absolute atomic E-state index is 12.3. The number of halogens is 3. The molecule has 6 aliphatic heterocycles. The molecule has 9 aromatic rings. The highest BCUT2D eigenvalue weighted by Gasteiger charge is 2.47. The summed E-state index contributed by atoms with van der Waals surface area (Å²) in [6, 6.07) is 65.7. The van der Waals surface area contributed by atoms with Crippen LogP contribution in [0.15, 0.2) is 225 Å². The number of nitrogens with one attached hydrogen (secondary N) is 5. The number of aromatic amines is 2. The van der Waals surface area contributed by atoms with E-state index in [1.807, 2.05) is 198 Å². The predicted molar refractivity (Wildman–Crippen MR) is 559 cm³/mol. The van der Waals surface area contributed by atoms with E-state index in [2.05, 4.69) is 105 Å². The Balaban J connectivity index is 0.000000432. The van der Waals surface area contributed by atoms with Gasteiger partial charge in [-0.2, -0.15) is 0 Å². The molecule has 2 aromatic heterocycles. The first kappa shape index (κ1) is 124. The number of H-pyrrole nitrogens is 2. The molecule has 36 nitrogen and oxygen atoms in total. The average Bonchev–Trinajstić information content (AvgIpc) is 1.65. The third kappa shape index (κ3) is 41.9. The van der Waals surface area contributed by atoms with Gasteiger partial charge in [0.25, 0.3) is 0 Å². The van der Waals surface area contributed by atoms with E-state index in [9.17, 15) is 57.5 Å². The fourth-order valence-electron chi connectivity index (χ4n) is 15.8. The van der Waals surface area contributed by atoms with Gasteiger partial charge < -0.3 is 83.2 Å². The maximum atomic E-state index is 12.3. The van der Waals surface area contributed by atoms with E-state index in [4.69, 9.17) is 58.4 Å². The van der Waals surface area contributed by atoms with Crippen molar-refractivity contribution in [1.82, 2.24) is 55.5 Å². The Morgan fingerprint density at radius 3 is 1.22 bits per heavy atom. The highest BCUT2D eigenvalue weighted by molar-refractivity contribution is 9.09. The molecule has 146 heavy (non-hydrogen) atoms. The van der Waals surface area contributed by atoms with Crippen molar-refractivity contribution in [3.8, 4) is 22.5 Å². The Kier molecular flexibility index (Phi) is 55.0. The Labute approximate surface area is 875 Å². The smallest absolute Gasteiger partial charge is 0.411 e. The molecular weight excluding hydrogens is 1980 g/mol. The summed E-state index contributed by atoms with van der Waals surface area (Å²) < 4.78 is 38.5. The summed E-state index contributed by atoms with van der Waals surface area (Å²) in [5, 5.41) is 25.8. The van der Waals surface area contributed by atoms with E-state index >= 15 is 0 Å². The number of Topliss-reactive ketones (excluding diaryl/α,β-unsaturated/α-hetero) is 1. The Morgan fingerprint density at radius 2 is 0.822 bits per heavy atom. The Hall–Kier alpha value is -14.1. The second-order valence-electron chi connectivity index (χ2n) is 35.5. The Morgan fingerprint density at radius 1 is 0.452 bits per heavy atom. The lowest BCUT2D eigenvalue weighted by Gasteiger charge is -2.26. The second-order valence-corrected chi connectivity index (χ2v) is 36.1. The van der Waals surface area contributed by atoms with Gasteiger partial charge in [-0.3, -0.25) is 68.1 Å². The number of alkyl halides is 1. The molecule has 0 radical (unpaired) electrons. The van der Waals surface area contributed by atoms with Gasteiger partial charge in [-0.15, -0.1) is 24.8 Å². The number of rotatable bonds is 22. The molecule has 0 spiro atoms. The van der Waals surface area contributed by atoms with E-state index in [0.29, 0.717) is 76.6 Å². The number of aromatic nitrogens is 4. The first-order valence-electron chi connectivity index (χ1n) is 46.2. The standard InChI is InChI=1S/C22H23N3O2.C15H17N3O2.C14H16N2O2.C14H17NO4.C12H18N2O4.C8H7BrO.C7H10N2O2.C7H13NO4.C7H6O.CH4.2ClH.H2/c1-27-22(26)20-12-18(15-25(20)14-16-8-4-2-5-9-16)21-23-13-19(24-21)17-10-6-3-7-11-17;1-20-15(19)12-7-11(8-16-12)14-17-9-13(18-14)10-5-3-2-4-6-10;1-15-12-8-13(14(17)18-2)16(10-12)9-11-6-4-3-5-7-11;1-19-14(18)12-7-11(13(16)17)9-15(12)8-10-5-3-2-4-6-10;1-12(2,3)18-11(16)14-7-8(13-4)6-9(14)10(15)17-5;9-6-8(10)7-4-2-1-3-5-7;1-8-5-3-6(9-4-5)7(10)11-2;1-7(2,3)12-6(11)8-4-5(9)10;8-6-7-4-2-1-3-5-7;;;;/h2-11,13,18,20H,12,14-15H2,1H3,(H,23,24);2-6,9,11-12,16H,7-8H2,1H3,(H,17,18);3-7,12-13H,8-10H2,2H3;2-6,11-12H,7-9H2,1H3,(H,16,17);8-9H,6-7H2,1-3,5H3;1-5H,6H2;5-6,9H,3-4H2,2H3;4H2,1-3H3,(H,8,11)(H,9,10);1-6H;1H4;3*1H/t18-,20+;11-,12+;12-,13+;11-,12+;8-,9+;;5-,6+;;;;;;/m11111.1....../s1. The van der Waals surface area contributed by atoms with Crippen LogP contribution in [-0.4, -0.2) is 281 Å². The minimum atomic E-state index is -1.10. The molecule has 2 amide bonds. The molecule has 6 aliphatic rings. The third-order valence-corrected chi connectivity index (χ3v) is 23.4. The van der Waals surface area contributed by atoms with Gasteiger partial charge in [0.1, 0.15) is 78.5 Å². The molecule has 786 valence electrons. The normalized spacial score (nSPS) is 19.7. The van der Waals surface area contributed by atoms with Crippen LogP contribution in [-0.2, 0) is 95.9 Å². The number of carbonyl (C=O) groups is 12. The number of carbonyl (C=O) groups excluding carboxylic acids is 10. The van der Waals surface area contributed by atoms with Gasteiger partial charge in [0.05, 0.1) is 110 Å². The van der Waals surface area contributed by atoms with Crippen molar-refractivity contribution in [2.75, 3.05) is 93.8 Å². The number of carboxylic acid groups (broad SMARTS) is 2. The monoisotopic (exact) mass is 2120 g/mol. The second kappa shape index (κ2) is 64.6. The van der Waals surface area contributed by atoms with Crippen molar-refractivity contribution in [2.24, 2.45) is 5.92 Å². The van der Waals surface area contributed by atoms with E-state index in [0.717, 1.165) is 82.3 Å². The lowest BCUT2D eigenvalue weighted by atomic mass is 10.1. The summed E-state index contributed by atoms with van der Waals surface area (Å²) >= 11 is 3.10. The number of hydrogen-bond acceptors (Lipinski definition) is 27. The number of aliphatic carboxylic acids is 2. The molecule has 0 unspecified atom stereocenters. The first-order valence-corrected chi connectivity index (χ1v) is 47.3.